The largest absolute Gasteiger partial charge is 0.472 e. The maximum atomic E-state index is 12.7. The fourth-order valence-corrected chi connectivity index (χ4v) is 6.36. The summed E-state index contributed by atoms with van der Waals surface area (Å²) in [5.41, 5.74) is 0. The monoisotopic (exact) mass is 907 g/mol. The molecular formula is C50H85NO11P+. The van der Waals surface area contributed by atoms with Crippen LogP contribution in [-0.4, -0.2) is 109 Å². The third-order valence-electron chi connectivity index (χ3n) is 9.45. The number of aliphatic hydroxyl groups is 3. The average Bonchev–Trinajstić information content (AvgIpc) is 3.23. The van der Waals surface area contributed by atoms with Gasteiger partial charge in [0.2, 0.25) is 0 Å². The quantitative estimate of drug-likeness (QED) is 0.0115. The van der Waals surface area contributed by atoms with Crippen LogP contribution in [0.15, 0.2) is 97.2 Å². The van der Waals surface area contributed by atoms with E-state index in [4.69, 9.17) is 18.5 Å². The van der Waals surface area contributed by atoms with Crippen molar-refractivity contribution in [2.24, 2.45) is 0 Å². The van der Waals surface area contributed by atoms with E-state index in [-0.39, 0.29) is 38.9 Å². The van der Waals surface area contributed by atoms with Gasteiger partial charge in [0, 0.05) is 12.8 Å². The van der Waals surface area contributed by atoms with E-state index in [1.807, 2.05) is 21.1 Å². The van der Waals surface area contributed by atoms with Gasteiger partial charge in [-0.15, -0.1) is 0 Å². The maximum absolute atomic E-state index is 12.7. The van der Waals surface area contributed by atoms with Gasteiger partial charge in [0.05, 0.1) is 46.1 Å². The number of quaternary nitrogens is 1. The second kappa shape index (κ2) is 40.3. The molecule has 0 aliphatic carbocycles. The Labute approximate surface area is 381 Å². The number of nitrogens with zero attached hydrogens (tertiary/aromatic N) is 1. The molecular weight excluding hydrogens is 822 g/mol. The number of ether oxygens (including phenoxy) is 2. The molecule has 5 atom stereocenters. The smallest absolute Gasteiger partial charge is 0.462 e. The molecule has 0 saturated heterocycles. The highest BCUT2D eigenvalue weighted by atomic mass is 31.2. The van der Waals surface area contributed by atoms with Crippen LogP contribution in [-0.2, 0) is 32.7 Å². The average molecular weight is 907 g/mol. The van der Waals surface area contributed by atoms with Crippen molar-refractivity contribution >= 4 is 19.8 Å². The molecule has 4 N–H and O–H groups in total. The summed E-state index contributed by atoms with van der Waals surface area (Å²) in [6.45, 7) is 3.82. The molecule has 12 nitrogen and oxygen atoms in total. The molecule has 0 fully saturated rings. The Kier molecular flexibility index (Phi) is 38.3. The number of rotatable bonds is 40. The second-order valence-electron chi connectivity index (χ2n) is 16.6. The number of esters is 2. The molecule has 0 aromatic carbocycles. The van der Waals surface area contributed by atoms with Gasteiger partial charge in [0.15, 0.2) is 6.10 Å². The second-order valence-corrected chi connectivity index (χ2v) is 18.1. The predicted octanol–water partition coefficient (Wildman–Crippen LogP) is 10.3. The first-order chi connectivity index (χ1) is 30.2. The van der Waals surface area contributed by atoms with Gasteiger partial charge in [0.25, 0.3) is 0 Å². The minimum Gasteiger partial charge on any atom is -0.462 e. The molecule has 0 saturated carbocycles. The minimum atomic E-state index is -4.49. The van der Waals surface area contributed by atoms with Crippen LogP contribution in [0.25, 0.3) is 0 Å². The summed E-state index contributed by atoms with van der Waals surface area (Å²) in [7, 11) is 1.22. The molecule has 0 rings (SSSR count). The van der Waals surface area contributed by atoms with E-state index in [1.54, 1.807) is 42.5 Å². The SMILES string of the molecule is CCCCC/C=C\C/C=C\C/C=C\C/C=C\CCCCCC(=O)OC[C@H](COP(=O)(O)OCC[N+](C)(C)C)OC(=O)CCC[C@H](O)[C@@H](O)/C=C/C=C/C=C\C=C\[C@@H](O)CCCCC. The van der Waals surface area contributed by atoms with E-state index in [1.165, 1.54) is 31.8 Å². The number of phosphoric ester groups is 1. The van der Waals surface area contributed by atoms with Gasteiger partial charge in [0.1, 0.15) is 19.8 Å². The minimum absolute atomic E-state index is 0.0431. The number of carbonyl (C=O) groups excluding carboxylic acids is 2. The Morgan fingerprint density at radius 2 is 1.14 bits per heavy atom. The summed E-state index contributed by atoms with van der Waals surface area (Å²) in [4.78, 5) is 35.5. The number of allylic oxidation sites excluding steroid dienone is 14. The highest BCUT2D eigenvalue weighted by Gasteiger charge is 2.27. The number of hydrogen-bond acceptors (Lipinski definition) is 10. The first kappa shape index (κ1) is 59.8. The molecule has 0 aromatic heterocycles. The van der Waals surface area contributed by atoms with E-state index in [0.29, 0.717) is 17.4 Å². The number of likely N-dealkylation sites (N-methyl/N-ethyl adjacent to an activating group) is 1. The molecule has 0 aliphatic heterocycles. The number of unbranched alkanes of at least 4 members (excludes halogenated alkanes) is 8. The molecule has 0 aromatic rings. The Morgan fingerprint density at radius 1 is 0.603 bits per heavy atom. The van der Waals surface area contributed by atoms with E-state index in [0.717, 1.165) is 64.2 Å². The zero-order valence-corrected chi connectivity index (χ0v) is 40.2. The Morgan fingerprint density at radius 3 is 1.75 bits per heavy atom. The fourth-order valence-electron chi connectivity index (χ4n) is 5.61. The number of hydrogen-bond donors (Lipinski definition) is 4. The number of aliphatic hydroxyl groups excluding tert-OH is 3. The van der Waals surface area contributed by atoms with E-state index in [9.17, 15) is 34.4 Å². The van der Waals surface area contributed by atoms with Crippen LogP contribution in [0.1, 0.15) is 136 Å². The van der Waals surface area contributed by atoms with Crippen LogP contribution in [0.2, 0.25) is 0 Å². The van der Waals surface area contributed by atoms with Crippen molar-refractivity contribution in [1.29, 1.82) is 0 Å². The lowest BCUT2D eigenvalue weighted by Gasteiger charge is -2.24. The Bertz CT molecular complexity index is 1440. The third-order valence-corrected chi connectivity index (χ3v) is 10.4. The summed E-state index contributed by atoms with van der Waals surface area (Å²) in [5.74, 6) is -1.18. The molecule has 0 heterocycles. The summed E-state index contributed by atoms with van der Waals surface area (Å²) >= 11 is 0. The van der Waals surface area contributed by atoms with Gasteiger partial charge in [-0.2, -0.15) is 0 Å². The van der Waals surface area contributed by atoms with Crippen LogP contribution >= 0.6 is 7.82 Å². The maximum Gasteiger partial charge on any atom is 0.472 e. The molecule has 1 unspecified atom stereocenters. The highest BCUT2D eigenvalue weighted by molar-refractivity contribution is 7.47. The standard InChI is InChI=1S/C50H84NO11P/c1-6-8-10-11-12-13-14-15-16-17-18-19-20-21-22-23-24-29-33-39-49(55)59-43-46(44-61-63(57,58)60-42-41-51(3,4)5)62-50(56)40-34-38-48(54)47(53)37-32-28-26-25-27-31-36-45(52)35-30-9-7-2/h12-13,15-16,18-19,21-22,25-28,31-32,36-37,45-48,52-54H,6-11,14,17,20,23-24,29-30,33-35,38-44H2,1-5H3/p+1/b13-12-,16-15-,19-18-,22-21-,27-25-,28-26+,36-31+,37-32+/t45-,46+,47-,48-/m0/s1. The van der Waals surface area contributed by atoms with Crippen LogP contribution in [0, 0.1) is 0 Å². The third kappa shape index (κ3) is 42.5. The van der Waals surface area contributed by atoms with E-state index >= 15 is 0 Å². The summed E-state index contributed by atoms with van der Waals surface area (Å²) in [6.07, 6.45) is 42.5. The van der Waals surface area contributed by atoms with Crippen LogP contribution in [0.4, 0.5) is 0 Å². The first-order valence-corrected chi connectivity index (χ1v) is 24.8. The topological polar surface area (TPSA) is 169 Å². The van der Waals surface area contributed by atoms with Gasteiger partial charge in [-0.05, 0) is 70.6 Å². The van der Waals surface area contributed by atoms with Crippen LogP contribution in [0.5, 0.6) is 0 Å². The van der Waals surface area contributed by atoms with Crippen LogP contribution < -0.4 is 0 Å². The van der Waals surface area contributed by atoms with E-state index < -0.39 is 50.8 Å². The highest BCUT2D eigenvalue weighted by Crippen LogP contribution is 2.43. The molecule has 63 heavy (non-hydrogen) atoms. The van der Waals surface area contributed by atoms with Crippen molar-refractivity contribution in [3.63, 3.8) is 0 Å². The van der Waals surface area contributed by atoms with Gasteiger partial charge in [-0.25, -0.2) is 4.57 Å². The Balaban J connectivity index is 4.73. The molecule has 0 bridgehead atoms. The first-order valence-electron chi connectivity index (χ1n) is 23.3. The molecule has 0 radical (unpaired) electrons. The zero-order valence-electron chi connectivity index (χ0n) is 39.4. The number of phosphoric acid groups is 1. The van der Waals surface area contributed by atoms with Gasteiger partial charge < -0.3 is 34.2 Å². The number of carbonyl (C=O) groups is 2. The van der Waals surface area contributed by atoms with Gasteiger partial charge in [-0.1, -0.05) is 150 Å². The van der Waals surface area contributed by atoms with Gasteiger partial charge >= 0.3 is 19.8 Å². The zero-order chi connectivity index (χ0) is 46.9. The Hall–Kier alpha value is -3.19. The molecule has 0 amide bonds. The molecule has 0 spiro atoms. The van der Waals surface area contributed by atoms with Gasteiger partial charge in [-0.3, -0.25) is 18.6 Å². The van der Waals surface area contributed by atoms with Crippen molar-refractivity contribution < 1.29 is 57.4 Å². The summed E-state index contributed by atoms with van der Waals surface area (Å²) in [6, 6.07) is 0. The molecule has 13 heteroatoms. The van der Waals surface area contributed by atoms with E-state index in [2.05, 4.69) is 62.5 Å². The van der Waals surface area contributed by atoms with Crippen molar-refractivity contribution in [2.75, 3.05) is 47.5 Å². The van der Waals surface area contributed by atoms with Crippen molar-refractivity contribution in [1.82, 2.24) is 0 Å². The van der Waals surface area contributed by atoms with Crippen LogP contribution in [0.3, 0.4) is 0 Å². The van der Waals surface area contributed by atoms with Crippen molar-refractivity contribution in [3.8, 4) is 0 Å². The summed E-state index contributed by atoms with van der Waals surface area (Å²) in [5, 5.41) is 30.6. The lowest BCUT2D eigenvalue weighted by atomic mass is 10.1. The predicted molar refractivity (Wildman–Crippen MR) is 256 cm³/mol. The molecule has 0 aliphatic rings. The molecule has 360 valence electrons. The lowest BCUT2D eigenvalue weighted by molar-refractivity contribution is -0.870. The van der Waals surface area contributed by atoms with Crippen molar-refractivity contribution in [2.45, 2.75) is 160 Å². The fraction of sp³-hybridized carbons (Fsp3) is 0.640. The summed E-state index contributed by atoms with van der Waals surface area (Å²) < 4.78 is 34.0. The lowest BCUT2D eigenvalue weighted by Crippen LogP contribution is -2.37. The normalized spacial score (nSPS) is 15.9. The van der Waals surface area contributed by atoms with Crippen molar-refractivity contribution in [3.05, 3.63) is 97.2 Å².